The van der Waals surface area contributed by atoms with Crippen LogP contribution in [0.15, 0.2) is 37.2 Å². The highest BCUT2D eigenvalue weighted by atomic mass is 19.1. The fourth-order valence-corrected chi connectivity index (χ4v) is 5.72. The Morgan fingerprint density at radius 2 is 2.06 bits per heavy atom. The van der Waals surface area contributed by atoms with Gasteiger partial charge in [-0.25, -0.2) is 18.9 Å². The van der Waals surface area contributed by atoms with Crippen molar-refractivity contribution >= 4 is 34.4 Å². The van der Waals surface area contributed by atoms with Gasteiger partial charge in [-0.3, -0.25) is 4.79 Å². The van der Waals surface area contributed by atoms with Crippen molar-refractivity contribution < 1.29 is 14.3 Å². The molecular weight excluding hydrogens is 423 g/mol. The number of hydrogen-bond acceptors (Lipinski definition) is 5. The third kappa shape index (κ3) is 3.10. The Morgan fingerprint density at radius 3 is 2.82 bits per heavy atom. The van der Waals surface area contributed by atoms with Gasteiger partial charge in [0, 0.05) is 23.2 Å². The minimum atomic E-state index is -0.757. The maximum absolute atomic E-state index is 13.9. The van der Waals surface area contributed by atoms with E-state index >= 15 is 0 Å². The van der Waals surface area contributed by atoms with Gasteiger partial charge in [0.15, 0.2) is 11.6 Å². The molecule has 168 valence electrons. The number of carboxylic acid groups (broad SMARTS) is 1. The molecule has 0 aromatic carbocycles. The lowest BCUT2D eigenvalue weighted by Gasteiger charge is -2.47. The van der Waals surface area contributed by atoms with Crippen LogP contribution < -0.4 is 5.32 Å². The van der Waals surface area contributed by atoms with Crippen LogP contribution in [0.2, 0.25) is 0 Å². The molecule has 33 heavy (non-hydrogen) atoms. The molecule has 4 aromatic heterocycles. The minimum absolute atomic E-state index is 0.181. The van der Waals surface area contributed by atoms with Crippen molar-refractivity contribution in [3.8, 4) is 11.4 Å². The molecule has 9 heteroatoms. The molecule has 3 saturated carbocycles. The second-order valence-corrected chi connectivity index (χ2v) is 9.00. The Balaban J connectivity index is 1.50. The number of nitrogens with one attached hydrogen (secondary N) is 2. The van der Waals surface area contributed by atoms with Crippen LogP contribution in [0.4, 0.5) is 10.2 Å². The summed E-state index contributed by atoms with van der Waals surface area (Å²) in [5, 5.41) is 18.7. The van der Waals surface area contributed by atoms with E-state index in [0.29, 0.717) is 28.2 Å². The first-order chi connectivity index (χ1) is 16.0. The molecule has 3 N–H and O–H groups in total. The zero-order valence-corrected chi connectivity index (χ0v) is 17.8. The average molecular weight is 446 g/mol. The van der Waals surface area contributed by atoms with Crippen LogP contribution in [0.1, 0.15) is 31.4 Å². The number of fused-ring (bicyclic) bond motifs is 5. The number of rotatable bonds is 5. The first-order valence-electron chi connectivity index (χ1n) is 11.2. The van der Waals surface area contributed by atoms with Crippen molar-refractivity contribution in [1.29, 1.82) is 0 Å². The molecule has 0 radical (unpaired) electrons. The van der Waals surface area contributed by atoms with Gasteiger partial charge in [0.05, 0.1) is 17.8 Å². The van der Waals surface area contributed by atoms with Crippen molar-refractivity contribution in [3.63, 3.8) is 0 Å². The predicted molar refractivity (Wildman–Crippen MR) is 122 cm³/mol. The summed E-state index contributed by atoms with van der Waals surface area (Å²) in [4.78, 5) is 24.1. The molecule has 2 atom stereocenters. The molecule has 8 nitrogen and oxygen atoms in total. The molecule has 4 heterocycles. The van der Waals surface area contributed by atoms with Gasteiger partial charge in [-0.15, -0.1) is 5.10 Å². The van der Waals surface area contributed by atoms with E-state index in [1.807, 2.05) is 12.1 Å². The predicted octanol–water partition coefficient (Wildman–Crippen LogP) is 4.36. The Bertz CT molecular complexity index is 1400. The van der Waals surface area contributed by atoms with Crippen molar-refractivity contribution in [2.24, 2.45) is 17.8 Å². The van der Waals surface area contributed by atoms with Crippen LogP contribution in [0, 0.1) is 23.6 Å². The van der Waals surface area contributed by atoms with E-state index in [1.54, 1.807) is 16.8 Å². The number of aromatic nitrogens is 5. The second-order valence-electron chi connectivity index (χ2n) is 9.00. The first kappa shape index (κ1) is 19.9. The number of carboxylic acids is 1. The van der Waals surface area contributed by atoms with E-state index in [1.165, 1.54) is 6.07 Å². The van der Waals surface area contributed by atoms with E-state index in [9.17, 15) is 14.3 Å². The van der Waals surface area contributed by atoms with E-state index in [-0.39, 0.29) is 17.9 Å². The molecule has 2 bridgehead atoms. The molecule has 0 unspecified atom stereocenters. The summed E-state index contributed by atoms with van der Waals surface area (Å²) in [7, 11) is 0. The summed E-state index contributed by atoms with van der Waals surface area (Å²) in [5.41, 5.74) is 2.67. The number of H-pyrrole nitrogens is 1. The second kappa shape index (κ2) is 7.40. The number of nitrogens with zero attached hydrogens (tertiary/aromatic N) is 4. The molecule has 0 aliphatic heterocycles. The summed E-state index contributed by atoms with van der Waals surface area (Å²) >= 11 is 0. The van der Waals surface area contributed by atoms with Gasteiger partial charge in [-0.2, -0.15) is 0 Å². The summed E-state index contributed by atoms with van der Waals surface area (Å²) in [6, 6.07) is 4.99. The summed E-state index contributed by atoms with van der Waals surface area (Å²) in [6.07, 6.45) is 8.53. The van der Waals surface area contributed by atoms with E-state index in [0.717, 1.165) is 43.1 Å². The molecule has 3 aliphatic carbocycles. The number of aliphatic carboxylic acids is 1. The Kier molecular flexibility index (Phi) is 4.46. The summed E-state index contributed by atoms with van der Waals surface area (Å²) < 4.78 is 15.7. The third-order valence-corrected chi connectivity index (χ3v) is 7.30. The average Bonchev–Trinajstić information content (AvgIpc) is 3.43. The molecular formula is C24H23FN6O2. The fraction of sp³-hybridized carbons (Fsp3) is 0.333. The quantitative estimate of drug-likeness (QED) is 0.421. The zero-order chi connectivity index (χ0) is 22.7. The molecule has 7 rings (SSSR count). The van der Waals surface area contributed by atoms with Crippen molar-refractivity contribution in [2.45, 2.75) is 31.7 Å². The Hall–Kier alpha value is -3.75. The van der Waals surface area contributed by atoms with E-state index in [4.69, 9.17) is 10.1 Å². The van der Waals surface area contributed by atoms with Gasteiger partial charge in [-0.1, -0.05) is 6.58 Å². The first-order valence-corrected chi connectivity index (χ1v) is 11.2. The maximum atomic E-state index is 13.9. The standard InChI is InChI=1S/C24H23FN6O2/c1-2-15-7-8-18-23(28-20-13-5-3-12(4-6-13)19(20)24(32)33)29-22(30-31(15)18)17-11-27-21-16(17)9-14(25)10-26-21/h2,7-13,19-20H,1,3-6H2,(H,26,27)(H,32,33)(H,28,29,30)/t12?,13?,19-,20-/m0/s1. The van der Waals surface area contributed by atoms with Gasteiger partial charge >= 0.3 is 5.97 Å². The Morgan fingerprint density at radius 1 is 1.27 bits per heavy atom. The SMILES string of the molecule is C=Cc1ccc2c(N[C@H]3C4CCC(CC4)[C@@H]3C(=O)O)nc(-c3c[nH]c4ncc(F)cc34)nn12. The van der Waals surface area contributed by atoms with E-state index in [2.05, 4.69) is 21.9 Å². The van der Waals surface area contributed by atoms with Gasteiger partial charge in [0.25, 0.3) is 0 Å². The molecule has 3 fully saturated rings. The monoisotopic (exact) mass is 446 g/mol. The lowest BCUT2D eigenvalue weighted by Crippen LogP contribution is -2.51. The van der Waals surface area contributed by atoms with Crippen LogP contribution in [-0.2, 0) is 4.79 Å². The number of aromatic amines is 1. The molecule has 0 amide bonds. The highest BCUT2D eigenvalue weighted by Crippen LogP contribution is 2.46. The minimum Gasteiger partial charge on any atom is -0.481 e. The van der Waals surface area contributed by atoms with E-state index < -0.39 is 17.7 Å². The van der Waals surface area contributed by atoms with Crippen LogP contribution in [0.5, 0.6) is 0 Å². The number of anilines is 1. The fourth-order valence-electron chi connectivity index (χ4n) is 5.72. The van der Waals surface area contributed by atoms with Gasteiger partial charge < -0.3 is 15.4 Å². The normalized spacial score (nSPS) is 24.4. The van der Waals surface area contributed by atoms with Crippen LogP contribution in [-0.4, -0.2) is 41.7 Å². The number of pyridine rings is 1. The third-order valence-electron chi connectivity index (χ3n) is 7.30. The number of carbonyl (C=O) groups is 1. The number of halogens is 1. The van der Waals surface area contributed by atoms with Crippen LogP contribution in [0.25, 0.3) is 34.0 Å². The smallest absolute Gasteiger partial charge is 0.308 e. The zero-order valence-electron chi connectivity index (χ0n) is 17.8. The highest BCUT2D eigenvalue weighted by molar-refractivity contribution is 5.92. The Labute approximate surface area is 188 Å². The van der Waals surface area contributed by atoms with Gasteiger partial charge in [0.2, 0.25) is 0 Å². The highest BCUT2D eigenvalue weighted by Gasteiger charge is 2.47. The molecule has 0 spiro atoms. The van der Waals surface area contributed by atoms with Crippen molar-refractivity contribution in [1.82, 2.24) is 24.6 Å². The van der Waals surface area contributed by atoms with Gasteiger partial charge in [0.1, 0.15) is 17.0 Å². The summed E-state index contributed by atoms with van der Waals surface area (Å²) in [6.45, 7) is 3.87. The lowest BCUT2D eigenvalue weighted by atomic mass is 9.61. The molecule has 4 aromatic rings. The van der Waals surface area contributed by atoms with Crippen LogP contribution >= 0.6 is 0 Å². The number of hydrogen-bond donors (Lipinski definition) is 3. The van der Waals surface area contributed by atoms with Gasteiger partial charge in [-0.05, 0) is 61.8 Å². The van der Waals surface area contributed by atoms with Crippen molar-refractivity contribution in [3.05, 3.63) is 48.7 Å². The molecule has 0 saturated heterocycles. The topological polar surface area (TPSA) is 108 Å². The maximum Gasteiger partial charge on any atom is 0.308 e. The summed E-state index contributed by atoms with van der Waals surface area (Å²) in [5.74, 6) is -0.233. The van der Waals surface area contributed by atoms with Crippen LogP contribution in [0.3, 0.4) is 0 Å². The lowest BCUT2D eigenvalue weighted by molar-refractivity contribution is -0.148. The molecule has 3 aliphatic rings. The van der Waals surface area contributed by atoms with Crippen molar-refractivity contribution in [2.75, 3.05) is 5.32 Å². The largest absolute Gasteiger partial charge is 0.481 e.